The minimum atomic E-state index is -4.38. The molecule has 1 aromatic heterocycles. The molecule has 7 heteroatoms. The summed E-state index contributed by atoms with van der Waals surface area (Å²) in [6.45, 7) is 2.00. The van der Waals surface area contributed by atoms with E-state index in [2.05, 4.69) is 10.3 Å². The van der Waals surface area contributed by atoms with Crippen LogP contribution in [0.25, 0.3) is 0 Å². The van der Waals surface area contributed by atoms with Crippen LogP contribution in [0, 0.1) is 0 Å². The van der Waals surface area contributed by atoms with Crippen molar-refractivity contribution in [2.45, 2.75) is 26.1 Å². The molecular weight excluding hydrogens is 283 g/mol. The molecule has 2 rings (SSSR count). The van der Waals surface area contributed by atoms with Crippen LogP contribution in [0.3, 0.4) is 0 Å². The molecule has 0 aliphatic carbocycles. The van der Waals surface area contributed by atoms with E-state index in [1.165, 1.54) is 12.1 Å². The summed E-state index contributed by atoms with van der Waals surface area (Å²) < 4.78 is 39.0. The number of carbonyl (C=O) groups excluding carboxylic acids is 1. The van der Waals surface area contributed by atoms with Gasteiger partial charge in [-0.05, 0) is 24.3 Å². The van der Waals surface area contributed by atoms with Crippen LogP contribution >= 0.6 is 0 Å². The average Bonchev–Trinajstić information content (AvgIpc) is 2.85. The van der Waals surface area contributed by atoms with Crippen LogP contribution in [0.15, 0.2) is 36.7 Å². The van der Waals surface area contributed by atoms with Crippen molar-refractivity contribution in [1.82, 2.24) is 9.55 Å². The number of carbonyl (C=O) groups is 1. The first kappa shape index (κ1) is 15.1. The monoisotopic (exact) mass is 297 g/mol. The third-order valence-corrected chi connectivity index (χ3v) is 2.93. The van der Waals surface area contributed by atoms with E-state index >= 15 is 0 Å². The van der Waals surface area contributed by atoms with Gasteiger partial charge in [0.05, 0.1) is 5.56 Å². The maximum Gasteiger partial charge on any atom is 0.416 e. The normalized spacial score (nSPS) is 11.4. The minimum Gasteiger partial charge on any atom is -0.326 e. The molecule has 1 aromatic carbocycles. The third kappa shape index (κ3) is 3.84. The number of nitrogens with one attached hydrogen (secondary N) is 1. The Morgan fingerprint density at radius 3 is 2.52 bits per heavy atom. The number of hydrogen-bond donors (Lipinski definition) is 1. The summed E-state index contributed by atoms with van der Waals surface area (Å²) in [7, 11) is 0. The molecule has 1 amide bonds. The van der Waals surface area contributed by atoms with E-state index in [4.69, 9.17) is 0 Å². The largest absolute Gasteiger partial charge is 0.416 e. The molecule has 0 aliphatic rings. The van der Waals surface area contributed by atoms with Gasteiger partial charge in [0.2, 0.25) is 5.91 Å². The summed E-state index contributed by atoms with van der Waals surface area (Å²) >= 11 is 0. The second kappa shape index (κ2) is 5.99. The van der Waals surface area contributed by atoms with Crippen LogP contribution in [0.5, 0.6) is 0 Å². The van der Waals surface area contributed by atoms with Gasteiger partial charge in [-0.2, -0.15) is 13.2 Å². The summed E-state index contributed by atoms with van der Waals surface area (Å²) in [5.41, 5.74) is -0.422. The third-order valence-electron chi connectivity index (χ3n) is 2.93. The molecule has 0 aliphatic heterocycles. The predicted octanol–water partition coefficient (Wildman–Crippen LogP) is 3.10. The van der Waals surface area contributed by atoms with Crippen molar-refractivity contribution in [2.75, 3.05) is 5.32 Å². The lowest BCUT2D eigenvalue weighted by Crippen LogP contribution is -2.19. The molecule has 2 aromatic rings. The van der Waals surface area contributed by atoms with E-state index in [-0.39, 0.29) is 12.5 Å². The number of alkyl halides is 3. The Labute approximate surface area is 119 Å². The van der Waals surface area contributed by atoms with Crippen LogP contribution in [-0.2, 0) is 23.9 Å². The number of amides is 1. The topological polar surface area (TPSA) is 46.9 Å². The van der Waals surface area contributed by atoms with Crippen LogP contribution in [0.1, 0.15) is 18.3 Å². The molecule has 0 spiro atoms. The smallest absolute Gasteiger partial charge is 0.326 e. The maximum atomic E-state index is 12.4. The number of hydrogen-bond acceptors (Lipinski definition) is 2. The molecule has 1 heterocycles. The van der Waals surface area contributed by atoms with Crippen LogP contribution in [0.2, 0.25) is 0 Å². The van der Waals surface area contributed by atoms with Gasteiger partial charge in [0.15, 0.2) is 0 Å². The Morgan fingerprint density at radius 2 is 1.95 bits per heavy atom. The van der Waals surface area contributed by atoms with Crippen LogP contribution in [0.4, 0.5) is 18.9 Å². The molecule has 0 fully saturated rings. The lowest BCUT2D eigenvalue weighted by molar-refractivity contribution is -0.137. The van der Waals surface area contributed by atoms with Gasteiger partial charge in [0.25, 0.3) is 0 Å². The van der Waals surface area contributed by atoms with Crippen molar-refractivity contribution in [1.29, 1.82) is 0 Å². The molecule has 0 atom stereocenters. The Bertz CT molecular complexity index is 617. The van der Waals surface area contributed by atoms with Crippen molar-refractivity contribution >= 4 is 11.6 Å². The number of anilines is 1. The second-order valence-corrected chi connectivity index (χ2v) is 4.45. The Balaban J connectivity index is 2.00. The molecule has 4 nitrogen and oxygen atoms in total. The fourth-order valence-corrected chi connectivity index (χ4v) is 1.90. The first-order valence-corrected chi connectivity index (χ1v) is 6.37. The lowest BCUT2D eigenvalue weighted by Gasteiger charge is -2.10. The number of aryl methyl sites for hydroxylation is 1. The Morgan fingerprint density at radius 1 is 1.29 bits per heavy atom. The van der Waals surface area contributed by atoms with E-state index in [9.17, 15) is 18.0 Å². The quantitative estimate of drug-likeness (QED) is 0.942. The average molecular weight is 297 g/mol. The standard InChI is InChI=1S/C14H14F3N3O/c1-2-12-18-7-8-20(12)9-13(21)19-11-5-3-10(4-6-11)14(15,16)17/h3-8H,2,9H2,1H3,(H,19,21). The highest BCUT2D eigenvalue weighted by Crippen LogP contribution is 2.29. The molecule has 1 N–H and O–H groups in total. The van der Waals surface area contributed by atoms with Crippen molar-refractivity contribution in [3.63, 3.8) is 0 Å². The number of aromatic nitrogens is 2. The fourth-order valence-electron chi connectivity index (χ4n) is 1.90. The summed E-state index contributed by atoms with van der Waals surface area (Å²) in [6.07, 6.45) is -0.397. The van der Waals surface area contributed by atoms with Crippen molar-refractivity contribution in [2.24, 2.45) is 0 Å². The maximum absolute atomic E-state index is 12.4. The molecule has 21 heavy (non-hydrogen) atoms. The van der Waals surface area contributed by atoms with Crippen molar-refractivity contribution < 1.29 is 18.0 Å². The minimum absolute atomic E-state index is 0.0736. The molecule has 0 unspecified atom stereocenters. The summed E-state index contributed by atoms with van der Waals surface area (Å²) in [4.78, 5) is 15.9. The summed E-state index contributed by atoms with van der Waals surface area (Å²) in [6, 6.07) is 4.33. The lowest BCUT2D eigenvalue weighted by atomic mass is 10.2. The highest BCUT2D eigenvalue weighted by atomic mass is 19.4. The van der Waals surface area contributed by atoms with Gasteiger partial charge in [0.1, 0.15) is 12.4 Å². The second-order valence-electron chi connectivity index (χ2n) is 4.45. The highest BCUT2D eigenvalue weighted by Gasteiger charge is 2.29. The SMILES string of the molecule is CCc1nccn1CC(=O)Nc1ccc(C(F)(F)F)cc1. The number of nitrogens with zero attached hydrogens (tertiary/aromatic N) is 2. The zero-order chi connectivity index (χ0) is 15.5. The van der Waals surface area contributed by atoms with E-state index in [1.807, 2.05) is 6.92 Å². The van der Waals surface area contributed by atoms with Gasteiger partial charge in [0, 0.05) is 24.5 Å². The number of benzene rings is 1. The van der Waals surface area contributed by atoms with E-state index in [1.54, 1.807) is 17.0 Å². The van der Waals surface area contributed by atoms with Crippen LogP contribution < -0.4 is 5.32 Å². The number of halogens is 3. The van der Waals surface area contributed by atoms with E-state index < -0.39 is 11.7 Å². The van der Waals surface area contributed by atoms with Gasteiger partial charge in [-0.1, -0.05) is 6.92 Å². The highest BCUT2D eigenvalue weighted by molar-refractivity contribution is 5.90. The zero-order valence-corrected chi connectivity index (χ0v) is 11.3. The summed E-state index contributed by atoms with van der Waals surface area (Å²) in [5.74, 6) is 0.458. The van der Waals surface area contributed by atoms with Gasteiger partial charge in [-0.25, -0.2) is 4.98 Å². The Hall–Kier alpha value is -2.31. The van der Waals surface area contributed by atoms with Gasteiger partial charge < -0.3 is 9.88 Å². The Kier molecular flexibility index (Phi) is 4.30. The first-order valence-electron chi connectivity index (χ1n) is 6.37. The molecular formula is C14H14F3N3O. The fraction of sp³-hybridized carbons (Fsp3) is 0.286. The molecule has 0 saturated heterocycles. The molecule has 0 radical (unpaired) electrons. The number of rotatable bonds is 4. The van der Waals surface area contributed by atoms with Gasteiger partial charge >= 0.3 is 6.18 Å². The summed E-state index contributed by atoms with van der Waals surface area (Å²) in [5, 5.41) is 2.56. The first-order chi connectivity index (χ1) is 9.90. The van der Waals surface area contributed by atoms with Gasteiger partial charge in [-0.15, -0.1) is 0 Å². The number of imidazole rings is 1. The van der Waals surface area contributed by atoms with Gasteiger partial charge in [-0.3, -0.25) is 4.79 Å². The zero-order valence-electron chi connectivity index (χ0n) is 11.3. The molecule has 0 bridgehead atoms. The van der Waals surface area contributed by atoms with Crippen molar-refractivity contribution in [3.05, 3.63) is 48.0 Å². The predicted molar refractivity (Wildman–Crippen MR) is 71.7 cm³/mol. The van der Waals surface area contributed by atoms with Crippen LogP contribution in [-0.4, -0.2) is 15.5 Å². The molecule has 112 valence electrons. The van der Waals surface area contributed by atoms with Crippen molar-refractivity contribution in [3.8, 4) is 0 Å². The molecule has 0 saturated carbocycles. The van der Waals surface area contributed by atoms with E-state index in [0.717, 1.165) is 18.0 Å². The van der Waals surface area contributed by atoms with E-state index in [0.29, 0.717) is 12.1 Å².